The Hall–Kier alpha value is -1.42. The molecule has 0 radical (unpaired) electrons. The predicted molar refractivity (Wildman–Crippen MR) is 50.3 cm³/mol. The number of pyridine rings is 1. The van der Waals surface area contributed by atoms with Crippen LogP contribution in [0.1, 0.15) is 0 Å². The summed E-state index contributed by atoms with van der Waals surface area (Å²) in [6.45, 7) is 0. The maximum absolute atomic E-state index is 11.2. The van der Waals surface area contributed by atoms with Gasteiger partial charge in [-0.1, -0.05) is 11.6 Å². The summed E-state index contributed by atoms with van der Waals surface area (Å²) >= 11 is 5.74. The number of halogens is 1. The van der Waals surface area contributed by atoms with Gasteiger partial charge in [0, 0.05) is 11.4 Å². The molecule has 1 atom stereocenters. The molecule has 0 spiro atoms. The molecule has 0 aromatic carbocycles. The zero-order valence-corrected chi connectivity index (χ0v) is 8.15. The third-order valence-corrected chi connectivity index (χ3v) is 2.11. The number of rotatable bonds is 1. The molecule has 0 amide bonds. The van der Waals surface area contributed by atoms with Gasteiger partial charge in [0.1, 0.15) is 0 Å². The number of hydrogen-bond acceptors (Lipinski definition) is 4. The Morgan fingerprint density at radius 3 is 3.14 bits per heavy atom. The highest BCUT2D eigenvalue weighted by atomic mass is 35.5. The van der Waals surface area contributed by atoms with Crippen LogP contribution in [0.5, 0.6) is 0 Å². The molecule has 1 aromatic heterocycles. The second-order valence-corrected chi connectivity index (χ2v) is 3.27. The summed E-state index contributed by atoms with van der Waals surface area (Å²) in [7, 11) is 1.33. The summed E-state index contributed by atoms with van der Waals surface area (Å²) in [5.74, 6) is -0.390. The van der Waals surface area contributed by atoms with E-state index in [9.17, 15) is 4.79 Å². The number of fused-ring (bicyclic) bond motifs is 1. The lowest BCUT2D eigenvalue weighted by Gasteiger charge is -1.99. The maximum Gasteiger partial charge on any atom is 0.334 e. The van der Waals surface area contributed by atoms with Crippen LogP contribution < -0.4 is 10.7 Å². The molecule has 1 aliphatic rings. The number of methoxy groups -OCH3 is 1. The highest BCUT2D eigenvalue weighted by molar-refractivity contribution is 6.30. The summed E-state index contributed by atoms with van der Waals surface area (Å²) in [6, 6.07) is 1.14. The third kappa shape index (κ3) is 1.48. The van der Waals surface area contributed by atoms with E-state index in [1.165, 1.54) is 13.3 Å². The van der Waals surface area contributed by atoms with Crippen molar-refractivity contribution in [1.82, 2.24) is 4.98 Å². The third-order valence-electron chi connectivity index (χ3n) is 1.90. The van der Waals surface area contributed by atoms with Crippen LogP contribution in [-0.4, -0.2) is 24.1 Å². The molecule has 0 unspecified atom stereocenters. The van der Waals surface area contributed by atoms with Gasteiger partial charge in [-0.15, -0.1) is 0 Å². The molecule has 1 aromatic rings. The molecule has 5 heteroatoms. The van der Waals surface area contributed by atoms with Gasteiger partial charge in [-0.05, 0) is 12.1 Å². The first kappa shape index (κ1) is 9.15. The van der Waals surface area contributed by atoms with Gasteiger partial charge in [-0.2, -0.15) is 0 Å². The van der Waals surface area contributed by atoms with Gasteiger partial charge in [0.2, 0.25) is 0 Å². The summed E-state index contributed by atoms with van der Waals surface area (Å²) in [5.41, 5.74) is 0.532. The van der Waals surface area contributed by atoms with Crippen molar-refractivity contribution in [2.45, 2.75) is 6.04 Å². The lowest BCUT2D eigenvalue weighted by Crippen LogP contribution is -2.24. The van der Waals surface area contributed by atoms with Crippen molar-refractivity contribution in [3.8, 4) is 0 Å². The van der Waals surface area contributed by atoms with Crippen molar-refractivity contribution >= 4 is 23.6 Å². The summed E-state index contributed by atoms with van der Waals surface area (Å²) in [5, 5.41) is 1.30. The van der Waals surface area contributed by atoms with Crippen molar-refractivity contribution in [3.05, 3.63) is 28.0 Å². The lowest BCUT2D eigenvalue weighted by atomic mass is 10.3. The first-order chi connectivity index (χ1) is 6.70. The molecule has 0 fully saturated rings. The van der Waals surface area contributed by atoms with Crippen molar-refractivity contribution in [2.75, 3.05) is 7.11 Å². The Morgan fingerprint density at radius 1 is 1.64 bits per heavy atom. The number of aromatic nitrogens is 1. The van der Waals surface area contributed by atoms with Gasteiger partial charge in [0.05, 0.1) is 12.1 Å². The quantitative estimate of drug-likeness (QED) is 0.598. The van der Waals surface area contributed by atoms with E-state index < -0.39 is 6.04 Å². The van der Waals surface area contributed by atoms with E-state index in [1.807, 2.05) is 0 Å². The second kappa shape index (κ2) is 3.38. The Balaban J connectivity index is 2.48. The van der Waals surface area contributed by atoms with Crippen molar-refractivity contribution < 1.29 is 9.53 Å². The summed E-state index contributed by atoms with van der Waals surface area (Å²) < 4.78 is 4.57. The normalized spacial score (nSPS) is 18.0. The van der Waals surface area contributed by atoms with Crippen LogP contribution in [0.4, 0.5) is 0 Å². The van der Waals surface area contributed by atoms with Crippen LogP contribution in [0.25, 0.3) is 6.08 Å². The molecule has 14 heavy (non-hydrogen) atoms. The van der Waals surface area contributed by atoms with E-state index in [4.69, 9.17) is 11.6 Å². The van der Waals surface area contributed by atoms with Gasteiger partial charge in [-0.25, -0.2) is 14.8 Å². The van der Waals surface area contributed by atoms with Crippen LogP contribution in [0, 0.1) is 0 Å². The molecule has 0 saturated carbocycles. The minimum absolute atomic E-state index is 0.390. The van der Waals surface area contributed by atoms with Crippen molar-refractivity contribution in [3.63, 3.8) is 0 Å². The van der Waals surface area contributed by atoms with Crippen LogP contribution >= 0.6 is 11.6 Å². The lowest BCUT2D eigenvalue weighted by molar-refractivity contribution is -0.140. The van der Waals surface area contributed by atoms with Crippen LogP contribution in [-0.2, 0) is 9.53 Å². The van der Waals surface area contributed by atoms with E-state index >= 15 is 0 Å². The molecule has 1 aliphatic heterocycles. The molecule has 0 N–H and O–H groups in total. The van der Waals surface area contributed by atoms with Crippen molar-refractivity contribution in [1.29, 1.82) is 0 Å². The minimum Gasteiger partial charge on any atom is -0.467 e. The number of nitrogens with zero attached hydrogens (tertiary/aromatic N) is 2. The highest BCUT2D eigenvalue weighted by Crippen LogP contribution is 2.02. The smallest absolute Gasteiger partial charge is 0.334 e. The molecule has 0 bridgehead atoms. The predicted octanol–water partition coefficient (Wildman–Crippen LogP) is -0.310. The highest BCUT2D eigenvalue weighted by Gasteiger charge is 2.18. The Kier molecular flexibility index (Phi) is 2.21. The van der Waals surface area contributed by atoms with Crippen LogP contribution in [0.3, 0.4) is 0 Å². The standard InChI is InChI=1S/C9H7ClN2O2/c1-14-9(13)7-3-5-2-6(10)4-11-8(5)12-7/h2-4,7H,1H3/t7-/m0/s1. The zero-order chi connectivity index (χ0) is 10.1. The molecular weight excluding hydrogens is 204 g/mol. The topological polar surface area (TPSA) is 51.5 Å². The zero-order valence-electron chi connectivity index (χ0n) is 7.40. The Morgan fingerprint density at radius 2 is 2.43 bits per heavy atom. The van der Waals surface area contributed by atoms with Crippen molar-refractivity contribution in [2.24, 2.45) is 4.99 Å². The van der Waals surface area contributed by atoms with Gasteiger partial charge in [0.15, 0.2) is 11.5 Å². The first-order valence-electron chi connectivity index (χ1n) is 4.00. The van der Waals surface area contributed by atoms with E-state index in [1.54, 1.807) is 12.1 Å². The molecule has 72 valence electrons. The maximum atomic E-state index is 11.2. The van der Waals surface area contributed by atoms with Gasteiger partial charge in [-0.3, -0.25) is 0 Å². The second-order valence-electron chi connectivity index (χ2n) is 2.83. The first-order valence-corrected chi connectivity index (χ1v) is 4.37. The average Bonchev–Trinajstić information content (AvgIpc) is 2.59. The van der Waals surface area contributed by atoms with Gasteiger partial charge >= 0.3 is 5.97 Å². The van der Waals surface area contributed by atoms with Crippen LogP contribution in [0.2, 0.25) is 5.02 Å². The number of hydrogen-bond donors (Lipinski definition) is 0. The summed E-state index contributed by atoms with van der Waals surface area (Å²) in [6.07, 6.45) is 3.18. The SMILES string of the molecule is COC(=O)[C@@H]1C=c2cc(Cl)cnc2=N1. The average molecular weight is 211 g/mol. The van der Waals surface area contributed by atoms with Gasteiger partial charge in [0.25, 0.3) is 0 Å². The molecular formula is C9H7ClN2O2. The Bertz CT molecular complexity index is 498. The van der Waals surface area contributed by atoms with E-state index in [2.05, 4.69) is 14.7 Å². The van der Waals surface area contributed by atoms with E-state index in [-0.39, 0.29) is 5.97 Å². The van der Waals surface area contributed by atoms with E-state index in [0.717, 1.165) is 5.22 Å². The Labute approximate surface area is 84.9 Å². The van der Waals surface area contributed by atoms with Gasteiger partial charge < -0.3 is 4.74 Å². The summed E-state index contributed by atoms with van der Waals surface area (Å²) in [4.78, 5) is 19.2. The van der Waals surface area contributed by atoms with E-state index in [0.29, 0.717) is 10.5 Å². The fourth-order valence-corrected chi connectivity index (χ4v) is 1.43. The molecule has 4 nitrogen and oxygen atoms in total. The fourth-order valence-electron chi connectivity index (χ4n) is 1.26. The monoisotopic (exact) mass is 210 g/mol. The number of ether oxygens (including phenoxy) is 1. The molecule has 0 saturated heterocycles. The minimum atomic E-state index is -0.582. The number of carbonyl (C=O) groups excluding carboxylic acids is 1. The number of esters is 1. The largest absolute Gasteiger partial charge is 0.467 e. The fraction of sp³-hybridized carbons (Fsp3) is 0.222. The molecule has 2 rings (SSSR count). The molecule has 0 aliphatic carbocycles. The number of carbonyl (C=O) groups is 1. The molecule has 2 heterocycles. The van der Waals surface area contributed by atoms with Crippen LogP contribution in [0.15, 0.2) is 17.3 Å².